The van der Waals surface area contributed by atoms with Gasteiger partial charge in [-0.3, -0.25) is 37.3 Å². The second kappa shape index (κ2) is 63.5. The van der Waals surface area contributed by atoms with Gasteiger partial charge in [-0.15, -0.1) is 0 Å². The molecule has 5 atom stereocenters. The predicted molar refractivity (Wildman–Crippen MR) is 377 cm³/mol. The van der Waals surface area contributed by atoms with Crippen molar-refractivity contribution in [3.63, 3.8) is 0 Å². The van der Waals surface area contributed by atoms with E-state index in [2.05, 4.69) is 55.4 Å². The lowest BCUT2D eigenvalue weighted by Gasteiger charge is -2.21. The van der Waals surface area contributed by atoms with Gasteiger partial charge in [0.05, 0.1) is 26.4 Å². The van der Waals surface area contributed by atoms with Crippen molar-refractivity contribution in [3.05, 3.63) is 0 Å². The molecular weight excluding hydrogens is 1220 g/mol. The van der Waals surface area contributed by atoms with Crippen LogP contribution in [0.25, 0.3) is 0 Å². The van der Waals surface area contributed by atoms with E-state index in [0.717, 1.165) is 114 Å². The molecule has 0 heterocycles. The summed E-state index contributed by atoms with van der Waals surface area (Å²) in [5, 5.41) is 10.6. The summed E-state index contributed by atoms with van der Waals surface area (Å²) in [5.41, 5.74) is 0. The molecule has 0 amide bonds. The number of rotatable bonds is 71. The zero-order valence-electron chi connectivity index (χ0n) is 60.9. The highest BCUT2D eigenvalue weighted by Gasteiger charge is 2.30. The van der Waals surface area contributed by atoms with Crippen LogP contribution in [0.15, 0.2) is 0 Å². The van der Waals surface area contributed by atoms with Crippen molar-refractivity contribution < 1.29 is 80.2 Å². The van der Waals surface area contributed by atoms with Gasteiger partial charge in [-0.2, -0.15) is 0 Å². The molecule has 0 aliphatic rings. The lowest BCUT2D eigenvalue weighted by molar-refractivity contribution is -0.161. The van der Waals surface area contributed by atoms with Crippen molar-refractivity contribution in [3.8, 4) is 0 Å². The molecule has 0 saturated heterocycles. The monoisotopic (exact) mass is 1370 g/mol. The Morgan fingerprint density at radius 3 is 0.667 bits per heavy atom. The fraction of sp³-hybridized carbons (Fsp3) is 0.946. The van der Waals surface area contributed by atoms with E-state index in [1.165, 1.54) is 167 Å². The second-order valence-electron chi connectivity index (χ2n) is 28.6. The Balaban J connectivity index is 5.16. The summed E-state index contributed by atoms with van der Waals surface area (Å²) >= 11 is 0. The maximum absolute atomic E-state index is 13.0. The second-order valence-corrected chi connectivity index (χ2v) is 31.5. The zero-order valence-corrected chi connectivity index (χ0v) is 62.7. The van der Waals surface area contributed by atoms with Gasteiger partial charge in [0.15, 0.2) is 12.2 Å². The molecule has 3 N–H and O–H groups in total. The van der Waals surface area contributed by atoms with Crippen molar-refractivity contribution in [2.24, 2.45) is 23.7 Å². The van der Waals surface area contributed by atoms with Crippen LogP contribution < -0.4 is 0 Å². The average Bonchev–Trinajstić information content (AvgIpc) is 2.95. The van der Waals surface area contributed by atoms with Crippen molar-refractivity contribution in [1.29, 1.82) is 0 Å². The average molecular weight is 1370 g/mol. The van der Waals surface area contributed by atoms with Gasteiger partial charge in [0.2, 0.25) is 0 Å². The van der Waals surface area contributed by atoms with E-state index < -0.39 is 97.5 Å². The fourth-order valence-corrected chi connectivity index (χ4v) is 12.8. The molecule has 0 aromatic carbocycles. The number of aliphatic hydroxyl groups is 1. The highest BCUT2D eigenvalue weighted by atomic mass is 31.2. The third-order valence-electron chi connectivity index (χ3n) is 17.1. The zero-order chi connectivity index (χ0) is 68.9. The van der Waals surface area contributed by atoms with Crippen LogP contribution in [0.3, 0.4) is 0 Å². The third-order valence-corrected chi connectivity index (χ3v) is 19.0. The maximum atomic E-state index is 13.0. The Kier molecular flexibility index (Phi) is 62.2. The smallest absolute Gasteiger partial charge is 0.462 e. The van der Waals surface area contributed by atoms with Gasteiger partial charge in [-0.1, -0.05) is 319 Å². The molecule has 0 spiro atoms. The van der Waals surface area contributed by atoms with Crippen LogP contribution in [0.5, 0.6) is 0 Å². The first-order chi connectivity index (χ1) is 44.6. The number of aliphatic hydroxyl groups excluding tert-OH is 1. The van der Waals surface area contributed by atoms with Crippen LogP contribution in [-0.4, -0.2) is 96.7 Å². The summed E-state index contributed by atoms with van der Waals surface area (Å²) in [6.45, 7) is 14.1. The summed E-state index contributed by atoms with van der Waals surface area (Å²) in [6.07, 6.45) is 47.6. The first kappa shape index (κ1) is 91.1. The Bertz CT molecular complexity index is 1830. The third kappa shape index (κ3) is 68.4. The molecule has 0 fully saturated rings. The number of ether oxygens (including phenoxy) is 4. The Morgan fingerprint density at radius 2 is 0.452 bits per heavy atom. The first-order valence-corrected chi connectivity index (χ1v) is 41.2. The molecule has 0 bridgehead atoms. The maximum Gasteiger partial charge on any atom is 0.472 e. The highest BCUT2D eigenvalue weighted by Crippen LogP contribution is 2.45. The normalized spacial score (nSPS) is 14.2. The summed E-state index contributed by atoms with van der Waals surface area (Å²) in [5.74, 6) is 0.835. The Morgan fingerprint density at radius 1 is 0.269 bits per heavy atom. The fourth-order valence-electron chi connectivity index (χ4n) is 11.2. The van der Waals surface area contributed by atoms with Crippen molar-refractivity contribution in [2.45, 2.75) is 388 Å². The standard InChI is InChI=1S/C74H144O17P2/c1-64(2)50-42-34-26-20-17-15-13-11-9-10-12-14-16-18-22-30-40-48-56-73(78)91-70(61-85-72(77)55-47-39-33-32-37-45-53-67(7)8)63-89-93(82,83)87-59-68(75)58-86-92(80,81)88-62-69(60-84-71(76)54-46-38-29-25-24-28-36-44-52-66(5)6)90-74(79)57-49-41-31-23-19-21-27-35-43-51-65(3)4/h64-70,75H,9-63H2,1-8H3,(H,80,81)(H,82,83)/t68?,69-,70-/m1/s1. The molecule has 0 aromatic heterocycles. The molecule has 0 saturated carbocycles. The molecular formula is C74H144O17P2. The first-order valence-electron chi connectivity index (χ1n) is 38.2. The minimum Gasteiger partial charge on any atom is -0.462 e. The largest absolute Gasteiger partial charge is 0.472 e. The molecule has 17 nitrogen and oxygen atoms in total. The number of hydrogen-bond acceptors (Lipinski definition) is 15. The Labute approximate surface area is 568 Å². The SMILES string of the molecule is CC(C)CCCCCCCCCCCCCCCCCCCCC(=O)O[C@H](COC(=O)CCCCCCCCC(C)C)COP(=O)(O)OCC(O)COP(=O)(O)OC[C@@H](COC(=O)CCCCCCCCCCC(C)C)OC(=O)CCCCCCCCCCCC(C)C. The Hall–Kier alpha value is -1.94. The minimum atomic E-state index is -4.95. The van der Waals surface area contributed by atoms with Crippen LogP contribution in [-0.2, 0) is 65.4 Å². The van der Waals surface area contributed by atoms with Gasteiger partial charge in [0.25, 0.3) is 0 Å². The molecule has 93 heavy (non-hydrogen) atoms. The summed E-state index contributed by atoms with van der Waals surface area (Å²) < 4.78 is 68.4. The van der Waals surface area contributed by atoms with E-state index in [-0.39, 0.29) is 25.7 Å². The van der Waals surface area contributed by atoms with Crippen LogP contribution in [0.4, 0.5) is 0 Å². The van der Waals surface area contributed by atoms with E-state index in [1.54, 1.807) is 0 Å². The van der Waals surface area contributed by atoms with Crippen molar-refractivity contribution in [1.82, 2.24) is 0 Å². The predicted octanol–water partition coefficient (Wildman–Crippen LogP) is 21.3. The van der Waals surface area contributed by atoms with Crippen LogP contribution in [0, 0.1) is 23.7 Å². The molecule has 0 aliphatic heterocycles. The van der Waals surface area contributed by atoms with E-state index in [1.807, 2.05) is 0 Å². The molecule has 3 unspecified atom stereocenters. The van der Waals surface area contributed by atoms with Crippen LogP contribution in [0.1, 0.15) is 370 Å². The van der Waals surface area contributed by atoms with Gasteiger partial charge < -0.3 is 33.8 Å². The van der Waals surface area contributed by atoms with Crippen molar-refractivity contribution in [2.75, 3.05) is 39.6 Å². The van der Waals surface area contributed by atoms with E-state index in [0.29, 0.717) is 31.6 Å². The number of esters is 4. The van der Waals surface area contributed by atoms with E-state index >= 15 is 0 Å². The number of phosphoric ester groups is 2. The highest BCUT2D eigenvalue weighted by molar-refractivity contribution is 7.47. The minimum absolute atomic E-state index is 0.104. The van der Waals surface area contributed by atoms with E-state index in [4.69, 9.17) is 37.0 Å². The number of carbonyl (C=O) groups excluding carboxylic acids is 4. The summed E-state index contributed by atoms with van der Waals surface area (Å²) in [4.78, 5) is 72.6. The van der Waals surface area contributed by atoms with Crippen LogP contribution in [0.2, 0.25) is 0 Å². The number of carbonyl (C=O) groups is 4. The quantitative estimate of drug-likeness (QED) is 0.0222. The van der Waals surface area contributed by atoms with Crippen LogP contribution >= 0.6 is 15.6 Å². The topological polar surface area (TPSA) is 237 Å². The van der Waals surface area contributed by atoms with E-state index in [9.17, 15) is 43.2 Å². The molecule has 0 radical (unpaired) electrons. The van der Waals surface area contributed by atoms with Gasteiger partial charge in [-0.25, -0.2) is 9.13 Å². The van der Waals surface area contributed by atoms with Gasteiger partial charge >= 0.3 is 39.5 Å². The number of unbranched alkanes of at least 4 members (excludes halogenated alkanes) is 37. The van der Waals surface area contributed by atoms with Crippen molar-refractivity contribution >= 4 is 39.5 Å². The van der Waals surface area contributed by atoms with Gasteiger partial charge in [0, 0.05) is 25.7 Å². The lowest BCUT2D eigenvalue weighted by atomic mass is 10.0. The van der Waals surface area contributed by atoms with Gasteiger partial charge in [-0.05, 0) is 49.4 Å². The molecule has 0 aliphatic carbocycles. The molecule has 19 heteroatoms. The lowest BCUT2D eigenvalue weighted by Crippen LogP contribution is -2.30. The van der Waals surface area contributed by atoms with Gasteiger partial charge in [0.1, 0.15) is 19.3 Å². The number of phosphoric acid groups is 2. The molecule has 0 aromatic rings. The number of hydrogen-bond donors (Lipinski definition) is 3. The molecule has 0 rings (SSSR count). The summed E-state index contributed by atoms with van der Waals surface area (Å²) in [7, 11) is -9.91. The molecule has 552 valence electrons. The summed E-state index contributed by atoms with van der Waals surface area (Å²) in [6, 6.07) is 0.